The van der Waals surface area contributed by atoms with Crippen LogP contribution in [0.1, 0.15) is 10.4 Å². The smallest absolute Gasteiger partial charge is 0.230 e. The van der Waals surface area contributed by atoms with Crippen molar-refractivity contribution in [1.29, 1.82) is 0 Å². The number of benzene rings is 1. The summed E-state index contributed by atoms with van der Waals surface area (Å²) in [6.45, 7) is 0. The largest absolute Gasteiger partial charge is 0.437 e. The third-order valence-corrected chi connectivity index (χ3v) is 2.69. The van der Waals surface area contributed by atoms with E-state index in [0.717, 1.165) is 17.2 Å². The van der Waals surface area contributed by atoms with Crippen LogP contribution in [0.3, 0.4) is 0 Å². The minimum absolute atomic E-state index is 0.293. The van der Waals surface area contributed by atoms with Crippen LogP contribution in [-0.4, -0.2) is 16.3 Å². The maximum Gasteiger partial charge on any atom is 0.230 e. The Kier molecular flexibility index (Phi) is 2.90. The summed E-state index contributed by atoms with van der Waals surface area (Å²) in [6.07, 6.45) is 3.97. The van der Waals surface area contributed by atoms with Gasteiger partial charge in [0, 0.05) is 11.6 Å². The molecule has 0 radical (unpaired) electrons. The van der Waals surface area contributed by atoms with E-state index in [4.69, 9.17) is 4.74 Å². The number of fused-ring (bicyclic) bond motifs is 1. The van der Waals surface area contributed by atoms with Crippen molar-refractivity contribution in [2.24, 2.45) is 0 Å². The summed E-state index contributed by atoms with van der Waals surface area (Å²) in [5.41, 5.74) is 1.20. The number of rotatable bonds is 3. The van der Waals surface area contributed by atoms with Crippen LogP contribution in [0.4, 0.5) is 0 Å². The van der Waals surface area contributed by atoms with E-state index in [2.05, 4.69) is 9.97 Å². The first-order chi connectivity index (χ1) is 9.36. The second-order valence-electron chi connectivity index (χ2n) is 3.98. The van der Waals surface area contributed by atoms with Crippen LogP contribution in [-0.2, 0) is 0 Å². The first-order valence-electron chi connectivity index (χ1n) is 5.79. The first-order valence-corrected chi connectivity index (χ1v) is 5.79. The van der Waals surface area contributed by atoms with Gasteiger partial charge in [0.25, 0.3) is 0 Å². The number of ether oxygens (including phenoxy) is 1. The molecule has 0 fully saturated rings. The molecule has 0 bridgehead atoms. The molecule has 1 aromatic carbocycles. The van der Waals surface area contributed by atoms with Gasteiger partial charge in [-0.1, -0.05) is 18.2 Å². The Hall–Kier alpha value is -2.75. The first kappa shape index (κ1) is 11.3. The quantitative estimate of drug-likeness (QED) is 0.669. The molecule has 0 amide bonds. The molecule has 3 rings (SSSR count). The Balaban J connectivity index is 2.09. The molecule has 19 heavy (non-hydrogen) atoms. The van der Waals surface area contributed by atoms with Crippen molar-refractivity contribution in [2.75, 3.05) is 0 Å². The molecule has 0 aliphatic heterocycles. The summed E-state index contributed by atoms with van der Waals surface area (Å²) in [4.78, 5) is 19.4. The van der Waals surface area contributed by atoms with Crippen molar-refractivity contribution in [3.05, 3.63) is 60.4 Å². The highest BCUT2D eigenvalue weighted by atomic mass is 16.5. The van der Waals surface area contributed by atoms with Crippen molar-refractivity contribution >= 4 is 17.2 Å². The van der Waals surface area contributed by atoms with Crippen LogP contribution in [0.2, 0.25) is 0 Å². The lowest BCUT2D eigenvalue weighted by Crippen LogP contribution is -1.95. The zero-order valence-corrected chi connectivity index (χ0v) is 9.98. The second kappa shape index (κ2) is 4.86. The maximum absolute atomic E-state index is 11.1. The predicted octanol–water partition coefficient (Wildman–Crippen LogP) is 3.23. The van der Waals surface area contributed by atoms with Crippen LogP contribution < -0.4 is 4.74 Å². The van der Waals surface area contributed by atoms with Gasteiger partial charge >= 0.3 is 0 Å². The van der Waals surface area contributed by atoms with E-state index in [-0.39, 0.29) is 0 Å². The molecule has 3 aromatic rings. The highest BCUT2D eigenvalue weighted by molar-refractivity contribution is 5.88. The molecule has 0 saturated carbocycles. The number of carbonyl (C=O) groups is 1. The zero-order chi connectivity index (χ0) is 13.1. The Labute approximate surface area is 109 Å². The van der Waals surface area contributed by atoms with E-state index in [1.54, 1.807) is 30.6 Å². The van der Waals surface area contributed by atoms with Crippen LogP contribution >= 0.6 is 0 Å². The summed E-state index contributed by atoms with van der Waals surface area (Å²) in [7, 11) is 0. The number of carbonyl (C=O) groups excluding carboxylic acids is 1. The zero-order valence-electron chi connectivity index (χ0n) is 9.98. The van der Waals surface area contributed by atoms with Crippen molar-refractivity contribution in [3.63, 3.8) is 0 Å². The number of para-hydroxylation sites is 1. The van der Waals surface area contributed by atoms with Crippen LogP contribution in [0.5, 0.6) is 11.6 Å². The van der Waals surface area contributed by atoms with E-state index >= 15 is 0 Å². The number of nitrogens with zero attached hydrogens (tertiary/aromatic N) is 2. The number of aldehydes is 1. The molecule has 92 valence electrons. The fraction of sp³-hybridized carbons (Fsp3) is 0. The fourth-order valence-electron chi connectivity index (χ4n) is 1.80. The summed E-state index contributed by atoms with van der Waals surface area (Å²) < 4.78 is 5.60. The standard InChI is InChI=1S/C15H10N2O2/c18-10-12-8-11-4-1-2-6-14(11)17-15(12)19-13-5-3-7-16-9-13/h1-10H. The highest BCUT2D eigenvalue weighted by Gasteiger charge is 2.08. The monoisotopic (exact) mass is 250 g/mol. The van der Waals surface area contributed by atoms with Gasteiger partial charge in [-0.25, -0.2) is 4.98 Å². The average molecular weight is 250 g/mol. The second-order valence-corrected chi connectivity index (χ2v) is 3.98. The van der Waals surface area contributed by atoms with Gasteiger partial charge in [-0.3, -0.25) is 9.78 Å². The van der Waals surface area contributed by atoms with E-state index in [1.165, 1.54) is 0 Å². The molecule has 0 saturated heterocycles. The van der Waals surface area contributed by atoms with Gasteiger partial charge in [0.1, 0.15) is 5.75 Å². The number of aromatic nitrogens is 2. The third-order valence-electron chi connectivity index (χ3n) is 2.69. The van der Waals surface area contributed by atoms with E-state index in [1.807, 2.05) is 24.3 Å². The highest BCUT2D eigenvalue weighted by Crippen LogP contribution is 2.25. The van der Waals surface area contributed by atoms with Crippen LogP contribution in [0, 0.1) is 0 Å². The fourth-order valence-corrected chi connectivity index (χ4v) is 1.80. The van der Waals surface area contributed by atoms with Gasteiger partial charge in [0.15, 0.2) is 6.29 Å². The topological polar surface area (TPSA) is 52.1 Å². The molecule has 0 spiro atoms. The summed E-state index contributed by atoms with van der Waals surface area (Å²) in [5, 5.41) is 0.906. The molecular weight excluding hydrogens is 240 g/mol. The molecule has 4 heteroatoms. The Morgan fingerprint density at radius 3 is 2.79 bits per heavy atom. The molecule has 2 heterocycles. The predicted molar refractivity (Wildman–Crippen MR) is 71.4 cm³/mol. The summed E-state index contributed by atoms with van der Waals surface area (Å²) in [5.74, 6) is 0.843. The van der Waals surface area contributed by atoms with Crippen LogP contribution in [0.15, 0.2) is 54.9 Å². The minimum Gasteiger partial charge on any atom is -0.437 e. The SMILES string of the molecule is O=Cc1cc2ccccc2nc1Oc1cccnc1. The molecule has 0 unspecified atom stereocenters. The van der Waals surface area contributed by atoms with Gasteiger partial charge in [0.2, 0.25) is 5.88 Å². The van der Waals surface area contributed by atoms with E-state index in [0.29, 0.717) is 17.2 Å². The van der Waals surface area contributed by atoms with Gasteiger partial charge in [-0.15, -0.1) is 0 Å². The number of hydrogen-bond acceptors (Lipinski definition) is 4. The van der Waals surface area contributed by atoms with Crippen molar-refractivity contribution in [1.82, 2.24) is 9.97 Å². The minimum atomic E-state index is 0.293. The Morgan fingerprint density at radius 2 is 2.00 bits per heavy atom. The molecule has 0 aliphatic carbocycles. The Morgan fingerprint density at radius 1 is 1.11 bits per heavy atom. The van der Waals surface area contributed by atoms with Gasteiger partial charge in [-0.05, 0) is 24.3 Å². The van der Waals surface area contributed by atoms with Gasteiger partial charge < -0.3 is 4.74 Å². The van der Waals surface area contributed by atoms with Crippen molar-refractivity contribution in [3.8, 4) is 11.6 Å². The van der Waals surface area contributed by atoms with Crippen LogP contribution in [0.25, 0.3) is 10.9 Å². The van der Waals surface area contributed by atoms with Gasteiger partial charge in [-0.2, -0.15) is 0 Å². The lowest BCUT2D eigenvalue weighted by atomic mass is 10.1. The maximum atomic E-state index is 11.1. The molecule has 4 nitrogen and oxygen atoms in total. The van der Waals surface area contributed by atoms with Gasteiger partial charge in [0.05, 0.1) is 17.3 Å². The summed E-state index contributed by atoms with van der Waals surface area (Å²) >= 11 is 0. The molecule has 2 aromatic heterocycles. The average Bonchev–Trinajstić information content (AvgIpc) is 2.47. The third kappa shape index (κ3) is 2.28. The molecule has 0 aliphatic rings. The molecular formula is C15H10N2O2. The lowest BCUT2D eigenvalue weighted by Gasteiger charge is -2.07. The van der Waals surface area contributed by atoms with Crippen molar-refractivity contribution in [2.45, 2.75) is 0 Å². The normalized spacial score (nSPS) is 10.3. The Bertz CT molecular complexity index is 727. The number of hydrogen-bond donors (Lipinski definition) is 0. The molecule has 0 N–H and O–H groups in total. The number of pyridine rings is 2. The molecule has 0 atom stereocenters. The van der Waals surface area contributed by atoms with E-state index in [9.17, 15) is 4.79 Å². The van der Waals surface area contributed by atoms with E-state index < -0.39 is 0 Å². The van der Waals surface area contributed by atoms with Crippen molar-refractivity contribution < 1.29 is 9.53 Å². The summed E-state index contributed by atoms with van der Waals surface area (Å²) in [6, 6.07) is 12.9. The lowest BCUT2D eigenvalue weighted by molar-refractivity contribution is 0.112.